The summed E-state index contributed by atoms with van der Waals surface area (Å²) in [4.78, 5) is 14.7. The van der Waals surface area contributed by atoms with Crippen molar-refractivity contribution in [2.45, 2.75) is 69.8 Å². The van der Waals surface area contributed by atoms with Gasteiger partial charge in [0.25, 0.3) is 5.91 Å². The van der Waals surface area contributed by atoms with Crippen LogP contribution >= 0.6 is 12.4 Å². The number of para-hydroxylation sites is 1. The average molecular weight is 500 g/mol. The van der Waals surface area contributed by atoms with Crippen molar-refractivity contribution in [1.29, 1.82) is 0 Å². The van der Waals surface area contributed by atoms with Crippen LogP contribution < -0.4 is 9.47 Å². The second-order valence-corrected chi connectivity index (χ2v) is 10.4. The van der Waals surface area contributed by atoms with Gasteiger partial charge < -0.3 is 19.5 Å². The smallest absolute Gasteiger partial charge is 0.253 e. The van der Waals surface area contributed by atoms with Gasteiger partial charge in [0.1, 0.15) is 0 Å². The molecule has 5 rings (SSSR count). The van der Waals surface area contributed by atoms with Crippen molar-refractivity contribution in [3.05, 3.63) is 59.2 Å². The summed E-state index contributed by atoms with van der Waals surface area (Å²) in [6.45, 7) is 5.05. The zero-order valence-electron chi connectivity index (χ0n) is 20.7. The molecule has 35 heavy (non-hydrogen) atoms. The summed E-state index contributed by atoms with van der Waals surface area (Å²) in [5.74, 6) is 3.63. The van der Waals surface area contributed by atoms with Gasteiger partial charge in [0.15, 0.2) is 11.5 Å². The number of carbonyl (C=O) groups excluding carboxylic acids is 1. The second kappa shape index (κ2) is 11.7. The van der Waals surface area contributed by atoms with E-state index in [1.807, 2.05) is 23.1 Å². The number of aliphatic hydroxyl groups excluding tert-OH is 1. The Morgan fingerprint density at radius 2 is 1.77 bits per heavy atom. The van der Waals surface area contributed by atoms with Gasteiger partial charge in [-0.25, -0.2) is 0 Å². The van der Waals surface area contributed by atoms with E-state index >= 15 is 0 Å². The van der Waals surface area contributed by atoms with Gasteiger partial charge in [0.2, 0.25) is 0 Å². The van der Waals surface area contributed by atoms with Crippen LogP contribution in [-0.2, 0) is 0 Å². The second-order valence-electron chi connectivity index (χ2n) is 10.4. The zero-order chi connectivity index (χ0) is 23.5. The van der Waals surface area contributed by atoms with Crippen LogP contribution in [0, 0.1) is 5.92 Å². The number of piperidine rings is 1. The largest absolute Gasteiger partial charge is 0.490 e. The Labute approximate surface area is 215 Å². The van der Waals surface area contributed by atoms with Crippen LogP contribution in [0.5, 0.6) is 11.5 Å². The van der Waals surface area contributed by atoms with Crippen LogP contribution in [0.15, 0.2) is 42.5 Å². The first kappa shape index (κ1) is 25.8. The van der Waals surface area contributed by atoms with Crippen molar-refractivity contribution < 1.29 is 19.4 Å². The third-order valence-electron chi connectivity index (χ3n) is 7.94. The van der Waals surface area contributed by atoms with Crippen molar-refractivity contribution in [3.63, 3.8) is 0 Å². The number of aliphatic hydroxyl groups is 1. The summed E-state index contributed by atoms with van der Waals surface area (Å²) in [6.07, 6.45) is 6.84. The van der Waals surface area contributed by atoms with E-state index in [4.69, 9.17) is 9.47 Å². The van der Waals surface area contributed by atoms with E-state index in [1.165, 1.54) is 30.4 Å². The molecule has 2 heterocycles. The molecule has 0 radical (unpaired) electrons. The number of halogens is 1. The average Bonchev–Trinajstić information content (AvgIpc) is 3.19. The molecule has 0 spiro atoms. The lowest BCUT2D eigenvalue weighted by Gasteiger charge is -2.29. The number of fused-ring (bicyclic) bond motifs is 1. The quantitative estimate of drug-likeness (QED) is 0.552. The highest BCUT2D eigenvalue weighted by Gasteiger charge is 2.29. The molecule has 2 aromatic rings. The van der Waals surface area contributed by atoms with Crippen LogP contribution in [0.3, 0.4) is 0 Å². The van der Waals surface area contributed by atoms with Crippen molar-refractivity contribution in [2.24, 2.45) is 5.92 Å². The van der Waals surface area contributed by atoms with Crippen molar-refractivity contribution >= 4 is 18.3 Å². The maximum absolute atomic E-state index is 12.8. The number of likely N-dealkylation sites (tertiary alicyclic amines) is 1. The summed E-state index contributed by atoms with van der Waals surface area (Å²) in [5, 5.41) is 9.69. The molecule has 1 aliphatic carbocycles. The maximum atomic E-state index is 12.8. The van der Waals surface area contributed by atoms with E-state index in [2.05, 4.69) is 31.2 Å². The summed E-state index contributed by atoms with van der Waals surface area (Å²) in [5.41, 5.74) is 3.39. The van der Waals surface area contributed by atoms with Gasteiger partial charge in [0, 0.05) is 30.6 Å². The molecule has 2 aliphatic heterocycles. The highest BCUT2D eigenvalue weighted by atomic mass is 35.5. The lowest BCUT2D eigenvalue weighted by Crippen LogP contribution is -2.40. The molecule has 5 nitrogen and oxygen atoms in total. The van der Waals surface area contributed by atoms with Crippen LogP contribution in [0.2, 0.25) is 0 Å². The van der Waals surface area contributed by atoms with E-state index in [1.54, 1.807) is 0 Å². The molecular weight excluding hydrogens is 462 g/mol. The molecule has 190 valence electrons. The standard InChI is InChI=1S/C29H37NO4.ClH/c1-20(26-4-2-5-27-28(26)34-17-3-16-33-27)18-21-6-7-24(19-21)22-8-10-23(11-9-22)29(32)30-14-12-25(31)13-15-30;/h2,4-5,8-11,20-21,24-25,31H,3,6-7,12-19H2,1H3;1H/t20-,21?,24-;/m0./s1. The Bertz CT molecular complexity index is 987. The van der Waals surface area contributed by atoms with E-state index in [0.29, 0.717) is 43.7 Å². The summed E-state index contributed by atoms with van der Waals surface area (Å²) in [7, 11) is 0. The molecule has 1 saturated heterocycles. The molecule has 0 aromatic heterocycles. The fourth-order valence-corrected chi connectivity index (χ4v) is 5.97. The molecular formula is C29H38ClNO4. The molecule has 0 bridgehead atoms. The van der Waals surface area contributed by atoms with Gasteiger partial charge in [0.05, 0.1) is 19.3 Å². The first-order chi connectivity index (χ1) is 16.6. The first-order valence-electron chi connectivity index (χ1n) is 13.0. The highest BCUT2D eigenvalue weighted by Crippen LogP contribution is 2.45. The first-order valence-corrected chi connectivity index (χ1v) is 13.0. The van der Waals surface area contributed by atoms with Gasteiger partial charge in [-0.1, -0.05) is 31.2 Å². The Morgan fingerprint density at radius 1 is 1.03 bits per heavy atom. The highest BCUT2D eigenvalue weighted by molar-refractivity contribution is 5.94. The molecule has 1 saturated carbocycles. The van der Waals surface area contributed by atoms with E-state index in [0.717, 1.165) is 43.1 Å². The van der Waals surface area contributed by atoms with Gasteiger partial charge in [-0.3, -0.25) is 4.79 Å². The monoisotopic (exact) mass is 499 g/mol. The van der Waals surface area contributed by atoms with Crippen LogP contribution in [0.1, 0.15) is 85.2 Å². The van der Waals surface area contributed by atoms with E-state index in [9.17, 15) is 9.90 Å². The lowest BCUT2D eigenvalue weighted by molar-refractivity contribution is 0.0546. The molecule has 1 unspecified atom stereocenters. The van der Waals surface area contributed by atoms with Crippen LogP contribution in [0.25, 0.3) is 0 Å². The van der Waals surface area contributed by atoms with E-state index < -0.39 is 0 Å². The van der Waals surface area contributed by atoms with Gasteiger partial charge in [-0.2, -0.15) is 0 Å². The fraction of sp³-hybridized carbons (Fsp3) is 0.552. The third-order valence-corrected chi connectivity index (χ3v) is 7.94. The van der Waals surface area contributed by atoms with Gasteiger partial charge in [-0.15, -0.1) is 12.4 Å². The number of hydrogen-bond acceptors (Lipinski definition) is 4. The van der Waals surface area contributed by atoms with Crippen LogP contribution in [0.4, 0.5) is 0 Å². The van der Waals surface area contributed by atoms with Crippen molar-refractivity contribution in [1.82, 2.24) is 4.90 Å². The predicted molar refractivity (Wildman–Crippen MR) is 140 cm³/mol. The Hall–Kier alpha value is -2.24. The van der Waals surface area contributed by atoms with Crippen molar-refractivity contribution in [2.75, 3.05) is 26.3 Å². The molecule has 1 N–H and O–H groups in total. The number of nitrogens with zero attached hydrogens (tertiary/aromatic N) is 1. The zero-order valence-corrected chi connectivity index (χ0v) is 21.5. The third kappa shape index (κ3) is 5.95. The van der Waals surface area contributed by atoms with Gasteiger partial charge >= 0.3 is 0 Å². The SMILES string of the molecule is C[C@@H](CC1CC[C@H](c2ccc(C(=O)N3CCC(O)CC3)cc2)C1)c1cccc2c1OCCCO2.Cl. The lowest BCUT2D eigenvalue weighted by atomic mass is 9.87. The summed E-state index contributed by atoms with van der Waals surface area (Å²) >= 11 is 0. The molecule has 1 amide bonds. The number of amides is 1. The Kier molecular flexibility index (Phi) is 8.61. The topological polar surface area (TPSA) is 59.0 Å². The summed E-state index contributed by atoms with van der Waals surface area (Å²) < 4.78 is 12.0. The van der Waals surface area contributed by atoms with Crippen LogP contribution in [-0.4, -0.2) is 48.3 Å². The Balaban J connectivity index is 0.00000289. The fourth-order valence-electron chi connectivity index (χ4n) is 5.97. The minimum atomic E-state index is -0.262. The minimum absolute atomic E-state index is 0. The molecule has 6 heteroatoms. The number of rotatable bonds is 5. The van der Waals surface area contributed by atoms with Crippen molar-refractivity contribution in [3.8, 4) is 11.5 Å². The number of hydrogen-bond donors (Lipinski definition) is 1. The Morgan fingerprint density at radius 3 is 2.54 bits per heavy atom. The maximum Gasteiger partial charge on any atom is 0.253 e. The number of ether oxygens (including phenoxy) is 2. The number of carbonyl (C=O) groups is 1. The predicted octanol–water partition coefficient (Wildman–Crippen LogP) is 5.94. The summed E-state index contributed by atoms with van der Waals surface area (Å²) in [6, 6.07) is 14.6. The molecule has 3 atom stereocenters. The number of benzene rings is 2. The minimum Gasteiger partial charge on any atom is -0.490 e. The molecule has 2 fully saturated rings. The molecule has 2 aromatic carbocycles. The molecule has 3 aliphatic rings. The van der Waals surface area contributed by atoms with E-state index in [-0.39, 0.29) is 24.4 Å². The normalized spacial score (nSPS) is 23.3. The van der Waals surface area contributed by atoms with Gasteiger partial charge in [-0.05, 0) is 80.0 Å².